The van der Waals surface area contributed by atoms with Crippen LogP contribution in [0.1, 0.15) is 6.92 Å². The summed E-state index contributed by atoms with van der Waals surface area (Å²) in [6.45, 7) is 3.71. The van der Waals surface area contributed by atoms with Crippen LogP contribution in [0.4, 0.5) is 11.4 Å². The number of halogens is 1. The third kappa shape index (κ3) is 3.32. The highest BCUT2D eigenvalue weighted by Crippen LogP contribution is 2.40. The van der Waals surface area contributed by atoms with E-state index in [4.69, 9.17) is 5.73 Å². The number of rotatable bonds is 2. The highest BCUT2D eigenvalue weighted by atomic mass is 35.5. The van der Waals surface area contributed by atoms with Crippen molar-refractivity contribution in [2.45, 2.75) is 6.92 Å². The van der Waals surface area contributed by atoms with E-state index >= 15 is 0 Å². The number of anilines is 1. The molecular formula is C12H20ClN2OP. The summed E-state index contributed by atoms with van der Waals surface area (Å²) in [4.78, 5) is 0. The van der Waals surface area contributed by atoms with Crippen molar-refractivity contribution in [2.75, 3.05) is 37.3 Å². The van der Waals surface area contributed by atoms with Crippen molar-refractivity contribution in [2.24, 2.45) is 0 Å². The van der Waals surface area contributed by atoms with E-state index in [1.807, 2.05) is 24.3 Å². The van der Waals surface area contributed by atoms with Crippen LogP contribution in [0.3, 0.4) is 0 Å². The smallest absolute Gasteiger partial charge is 0.133 e. The minimum absolute atomic E-state index is 0. The molecule has 0 aromatic heterocycles. The Morgan fingerprint density at radius 2 is 1.76 bits per heavy atom. The van der Waals surface area contributed by atoms with E-state index in [1.54, 1.807) is 0 Å². The van der Waals surface area contributed by atoms with Crippen LogP contribution in [-0.2, 0) is 0 Å². The van der Waals surface area contributed by atoms with Crippen molar-refractivity contribution in [3.8, 4) is 0 Å². The highest BCUT2D eigenvalue weighted by Gasteiger charge is 2.27. The number of nitrogens with zero attached hydrogens (tertiary/aromatic N) is 1. The van der Waals surface area contributed by atoms with E-state index in [2.05, 4.69) is 6.92 Å². The molecule has 1 saturated heterocycles. The Morgan fingerprint density at radius 1 is 1.24 bits per heavy atom. The maximum atomic E-state index is 12.6. The SMILES string of the molecule is CCP1CC[N+]([O-])(c2ccc(N)cc2)CC1.Cl. The molecule has 17 heavy (non-hydrogen) atoms. The van der Waals surface area contributed by atoms with E-state index < -0.39 is 0 Å². The van der Waals surface area contributed by atoms with E-state index in [9.17, 15) is 5.21 Å². The first-order valence-corrected chi connectivity index (χ1v) is 7.70. The maximum absolute atomic E-state index is 12.6. The zero-order chi connectivity index (χ0) is 11.6. The molecule has 0 radical (unpaired) electrons. The van der Waals surface area contributed by atoms with Gasteiger partial charge in [0.2, 0.25) is 0 Å². The Kier molecular flexibility index (Phi) is 5.21. The second-order valence-electron chi connectivity index (χ2n) is 4.36. The van der Waals surface area contributed by atoms with Crippen LogP contribution in [0.2, 0.25) is 0 Å². The quantitative estimate of drug-likeness (QED) is 0.390. The van der Waals surface area contributed by atoms with E-state index in [1.165, 1.54) is 6.16 Å². The average molecular weight is 275 g/mol. The van der Waals surface area contributed by atoms with Crippen molar-refractivity contribution >= 4 is 31.7 Å². The van der Waals surface area contributed by atoms with E-state index in [0.717, 1.165) is 36.8 Å². The fourth-order valence-corrected chi connectivity index (χ4v) is 4.22. The summed E-state index contributed by atoms with van der Waals surface area (Å²) >= 11 is 0. The van der Waals surface area contributed by atoms with E-state index in [-0.39, 0.29) is 25.0 Å². The van der Waals surface area contributed by atoms with Gasteiger partial charge >= 0.3 is 0 Å². The number of benzene rings is 1. The lowest BCUT2D eigenvalue weighted by molar-refractivity contribution is 0.404. The molecular weight excluding hydrogens is 255 g/mol. The van der Waals surface area contributed by atoms with Gasteiger partial charge in [0.05, 0.1) is 13.1 Å². The van der Waals surface area contributed by atoms with Gasteiger partial charge in [-0.2, -0.15) is 0 Å². The van der Waals surface area contributed by atoms with Gasteiger partial charge in [-0.05, 0) is 18.3 Å². The van der Waals surface area contributed by atoms with Gasteiger partial charge in [-0.15, -0.1) is 12.4 Å². The summed E-state index contributed by atoms with van der Waals surface area (Å²) in [5, 5.41) is 12.6. The molecule has 1 heterocycles. The van der Waals surface area contributed by atoms with Gasteiger partial charge in [0.15, 0.2) is 0 Å². The lowest BCUT2D eigenvalue weighted by Crippen LogP contribution is -2.50. The molecule has 0 bridgehead atoms. The highest BCUT2D eigenvalue weighted by molar-refractivity contribution is 7.57. The van der Waals surface area contributed by atoms with Crippen molar-refractivity contribution in [3.63, 3.8) is 0 Å². The van der Waals surface area contributed by atoms with Crippen LogP contribution in [-0.4, -0.2) is 31.6 Å². The molecule has 0 atom stereocenters. The fourth-order valence-electron chi connectivity index (χ4n) is 2.15. The van der Waals surface area contributed by atoms with Crippen LogP contribution in [0.15, 0.2) is 24.3 Å². The minimum atomic E-state index is -0.154. The van der Waals surface area contributed by atoms with Crippen LogP contribution in [0.25, 0.3) is 0 Å². The van der Waals surface area contributed by atoms with Crippen LogP contribution in [0.5, 0.6) is 0 Å². The Labute approximate surface area is 110 Å². The second-order valence-corrected chi connectivity index (χ2v) is 7.23. The Bertz CT molecular complexity index is 350. The van der Waals surface area contributed by atoms with Gasteiger partial charge in [0, 0.05) is 30.1 Å². The third-order valence-corrected chi connectivity index (χ3v) is 5.93. The summed E-state index contributed by atoms with van der Waals surface area (Å²) < 4.78 is -0.154. The molecule has 3 nitrogen and oxygen atoms in total. The molecule has 1 aromatic rings. The molecule has 0 saturated carbocycles. The molecule has 2 rings (SSSR count). The zero-order valence-electron chi connectivity index (χ0n) is 10.1. The lowest BCUT2D eigenvalue weighted by Gasteiger charge is -2.46. The molecule has 1 aliphatic rings. The topological polar surface area (TPSA) is 49.1 Å². The van der Waals surface area contributed by atoms with Crippen LogP contribution < -0.4 is 10.4 Å². The summed E-state index contributed by atoms with van der Waals surface area (Å²) in [5.41, 5.74) is 7.22. The van der Waals surface area contributed by atoms with E-state index in [0.29, 0.717) is 0 Å². The van der Waals surface area contributed by atoms with Crippen molar-refractivity contribution in [3.05, 3.63) is 29.5 Å². The molecule has 1 aromatic carbocycles. The van der Waals surface area contributed by atoms with Crippen molar-refractivity contribution < 1.29 is 0 Å². The standard InChI is InChI=1S/C12H19N2OP.ClH/c1-2-16-9-7-14(15,8-10-16)12-5-3-11(13)4-6-12;/h3-6H,2,7-10,13H2,1H3;1H. The predicted molar refractivity (Wildman–Crippen MR) is 80.2 cm³/mol. The molecule has 1 aliphatic heterocycles. The molecule has 0 amide bonds. The molecule has 1 fully saturated rings. The summed E-state index contributed by atoms with van der Waals surface area (Å²) in [5.74, 6) is 0. The molecule has 96 valence electrons. The number of nitrogens with two attached hydrogens (primary N) is 1. The molecule has 5 heteroatoms. The van der Waals surface area contributed by atoms with Crippen LogP contribution >= 0.6 is 20.3 Å². The number of quaternary nitrogens is 1. The van der Waals surface area contributed by atoms with Crippen LogP contribution in [0, 0.1) is 5.21 Å². The monoisotopic (exact) mass is 274 g/mol. The third-order valence-electron chi connectivity index (χ3n) is 3.37. The average Bonchev–Trinajstić information content (AvgIpc) is 2.31. The van der Waals surface area contributed by atoms with Gasteiger partial charge < -0.3 is 15.6 Å². The Hall–Kier alpha value is -0.340. The molecule has 0 aliphatic carbocycles. The Balaban J connectivity index is 0.00000144. The lowest BCUT2D eigenvalue weighted by atomic mass is 10.2. The Morgan fingerprint density at radius 3 is 2.24 bits per heavy atom. The number of hydrogen-bond acceptors (Lipinski definition) is 2. The summed E-state index contributed by atoms with van der Waals surface area (Å²) in [6, 6.07) is 7.40. The summed E-state index contributed by atoms with van der Waals surface area (Å²) in [6.07, 6.45) is 3.48. The van der Waals surface area contributed by atoms with Gasteiger partial charge in [-0.25, -0.2) is 0 Å². The second kappa shape index (κ2) is 6.01. The predicted octanol–water partition coefficient (Wildman–Crippen LogP) is 3.01. The summed E-state index contributed by atoms with van der Waals surface area (Å²) in [7, 11) is 0.135. The molecule has 0 spiro atoms. The maximum Gasteiger partial charge on any atom is 0.133 e. The number of hydrogen-bond donors (Lipinski definition) is 1. The largest absolute Gasteiger partial charge is 0.627 e. The number of hydroxylamine groups is 2. The minimum Gasteiger partial charge on any atom is -0.627 e. The number of nitrogen functional groups attached to an aromatic ring is 1. The van der Waals surface area contributed by atoms with Crippen molar-refractivity contribution in [1.82, 2.24) is 4.65 Å². The first-order valence-electron chi connectivity index (χ1n) is 5.80. The first-order chi connectivity index (χ1) is 7.64. The van der Waals surface area contributed by atoms with Gasteiger partial charge in [0.1, 0.15) is 5.69 Å². The first kappa shape index (κ1) is 14.7. The zero-order valence-corrected chi connectivity index (χ0v) is 11.8. The van der Waals surface area contributed by atoms with Crippen molar-refractivity contribution in [1.29, 1.82) is 0 Å². The van der Waals surface area contributed by atoms with Gasteiger partial charge in [0.25, 0.3) is 0 Å². The normalized spacial score (nSPS) is 28.5. The molecule has 0 unspecified atom stereocenters. The molecule has 2 N–H and O–H groups in total. The van der Waals surface area contributed by atoms with Gasteiger partial charge in [-0.1, -0.05) is 14.8 Å². The fraction of sp³-hybridized carbons (Fsp3) is 0.500. The van der Waals surface area contributed by atoms with Gasteiger partial charge in [-0.3, -0.25) is 0 Å².